The Morgan fingerprint density at radius 2 is 2.07 bits per heavy atom. The molecule has 7 heteroatoms. The fraction of sp³-hybridized carbons (Fsp3) is 0.550. The molecule has 2 rings (SSSR count). The van der Waals surface area contributed by atoms with E-state index in [2.05, 4.69) is 5.32 Å². The Balaban J connectivity index is 1.93. The number of likely N-dealkylation sites (tertiary alicyclic amines) is 1. The minimum absolute atomic E-state index is 0.274. The molecule has 148 valence electrons. The molecule has 1 aliphatic heterocycles. The molecule has 1 amide bonds. The van der Waals surface area contributed by atoms with Gasteiger partial charge in [0.05, 0.1) is 18.4 Å². The van der Waals surface area contributed by atoms with Crippen LogP contribution in [0.4, 0.5) is 4.79 Å². The third-order valence-corrected chi connectivity index (χ3v) is 4.51. The fourth-order valence-corrected chi connectivity index (χ4v) is 3.06. The lowest BCUT2D eigenvalue weighted by molar-refractivity contribution is -0.135. The summed E-state index contributed by atoms with van der Waals surface area (Å²) in [5, 5.41) is 11.3. The molecule has 0 aromatic rings. The van der Waals surface area contributed by atoms with E-state index >= 15 is 0 Å². The number of allylic oxidation sites excluding steroid dienone is 3. The van der Waals surface area contributed by atoms with Gasteiger partial charge in [-0.05, 0) is 57.8 Å². The number of ether oxygens (including phenoxy) is 2. The number of nitrogens with one attached hydrogen (secondary N) is 2. The molecule has 1 atom stereocenters. The van der Waals surface area contributed by atoms with E-state index in [1.807, 2.05) is 20.8 Å². The molecule has 1 fully saturated rings. The summed E-state index contributed by atoms with van der Waals surface area (Å²) >= 11 is 0. The third kappa shape index (κ3) is 5.45. The van der Waals surface area contributed by atoms with E-state index < -0.39 is 11.6 Å². The number of hydrogen-bond donors (Lipinski definition) is 2. The average Bonchev–Trinajstić information content (AvgIpc) is 3.05. The molecule has 27 heavy (non-hydrogen) atoms. The highest BCUT2D eigenvalue weighted by atomic mass is 16.6. The first-order valence-corrected chi connectivity index (χ1v) is 9.10. The minimum Gasteiger partial charge on any atom is -0.465 e. The Labute approximate surface area is 160 Å². The highest BCUT2D eigenvalue weighted by Crippen LogP contribution is 2.23. The van der Waals surface area contributed by atoms with Crippen molar-refractivity contribution in [3.8, 4) is 0 Å². The lowest BCUT2D eigenvalue weighted by Crippen LogP contribution is -2.36. The van der Waals surface area contributed by atoms with Crippen molar-refractivity contribution < 1.29 is 19.1 Å². The number of hydrogen-bond acceptors (Lipinski definition) is 6. The third-order valence-electron chi connectivity index (χ3n) is 4.51. The molecule has 0 radical (unpaired) electrons. The molecule has 0 unspecified atom stereocenters. The van der Waals surface area contributed by atoms with Gasteiger partial charge in [-0.3, -0.25) is 0 Å². The van der Waals surface area contributed by atoms with Crippen LogP contribution in [0.3, 0.4) is 0 Å². The number of carbonyl (C=O) groups excluding carboxylic acids is 2. The molecular formula is C20H29N3O4. The second-order valence-electron chi connectivity index (χ2n) is 7.82. The number of rotatable bonds is 4. The summed E-state index contributed by atoms with van der Waals surface area (Å²) in [6, 6.07) is 0. The predicted molar refractivity (Wildman–Crippen MR) is 104 cm³/mol. The quantitative estimate of drug-likeness (QED) is 0.737. The number of nitrogens with zero attached hydrogens (tertiary/aromatic N) is 1. The SMILES string of the molecule is COC(=O)C1=C(C)/C(=C/NC[C@@H]2CCN(C(=O)OC(C)(C)C)C2)C(=N)C=C1. The Hall–Kier alpha value is -2.57. The topological polar surface area (TPSA) is 91.7 Å². The smallest absolute Gasteiger partial charge is 0.410 e. The standard InChI is InChI=1S/C20H29N3O4/c1-13-15(18(24)26-5)6-7-17(21)16(13)11-22-10-14-8-9-23(12-14)19(25)27-20(2,3)4/h6-7,11,14,21-22H,8-10,12H2,1-5H3/b16-11-,21-17?/t14-/m0/s1. The Morgan fingerprint density at radius 3 is 2.70 bits per heavy atom. The second-order valence-corrected chi connectivity index (χ2v) is 7.82. The minimum atomic E-state index is -0.492. The van der Waals surface area contributed by atoms with Gasteiger partial charge >= 0.3 is 12.1 Å². The van der Waals surface area contributed by atoms with Crippen molar-refractivity contribution in [2.75, 3.05) is 26.7 Å². The van der Waals surface area contributed by atoms with Gasteiger partial charge in [0.2, 0.25) is 0 Å². The van der Waals surface area contributed by atoms with E-state index in [9.17, 15) is 9.59 Å². The number of amides is 1. The molecule has 1 heterocycles. The van der Waals surface area contributed by atoms with E-state index in [4.69, 9.17) is 14.9 Å². The first-order valence-electron chi connectivity index (χ1n) is 9.10. The zero-order valence-electron chi connectivity index (χ0n) is 16.7. The van der Waals surface area contributed by atoms with Crippen molar-refractivity contribution >= 4 is 17.8 Å². The van der Waals surface area contributed by atoms with Crippen molar-refractivity contribution in [3.63, 3.8) is 0 Å². The summed E-state index contributed by atoms with van der Waals surface area (Å²) in [5.41, 5.74) is 1.69. The summed E-state index contributed by atoms with van der Waals surface area (Å²) in [7, 11) is 1.34. The van der Waals surface area contributed by atoms with E-state index in [0.29, 0.717) is 48.0 Å². The number of carbonyl (C=O) groups is 2. The van der Waals surface area contributed by atoms with Crippen molar-refractivity contribution in [1.82, 2.24) is 10.2 Å². The summed E-state index contributed by atoms with van der Waals surface area (Å²) in [6.07, 6.45) is 5.59. The summed E-state index contributed by atoms with van der Waals surface area (Å²) in [4.78, 5) is 25.7. The zero-order valence-corrected chi connectivity index (χ0v) is 16.7. The normalized spacial score (nSPS) is 21.7. The summed E-state index contributed by atoms with van der Waals surface area (Å²) in [6.45, 7) is 9.39. The molecule has 7 nitrogen and oxygen atoms in total. The van der Waals surface area contributed by atoms with Crippen LogP contribution in [-0.2, 0) is 14.3 Å². The van der Waals surface area contributed by atoms with Crippen LogP contribution in [0.1, 0.15) is 34.1 Å². The molecular weight excluding hydrogens is 346 g/mol. The van der Waals surface area contributed by atoms with Crippen LogP contribution in [0, 0.1) is 11.3 Å². The van der Waals surface area contributed by atoms with Crippen LogP contribution in [0.5, 0.6) is 0 Å². The van der Waals surface area contributed by atoms with Crippen molar-refractivity contribution in [1.29, 1.82) is 5.41 Å². The molecule has 0 saturated carbocycles. The molecule has 0 bridgehead atoms. The average molecular weight is 375 g/mol. The first-order chi connectivity index (χ1) is 12.6. The zero-order chi connectivity index (χ0) is 20.2. The molecule has 0 aromatic carbocycles. The van der Waals surface area contributed by atoms with Gasteiger partial charge in [0.25, 0.3) is 0 Å². The predicted octanol–water partition coefficient (Wildman–Crippen LogP) is 2.80. The van der Waals surface area contributed by atoms with Crippen molar-refractivity contribution in [2.24, 2.45) is 5.92 Å². The Bertz CT molecular complexity index is 713. The van der Waals surface area contributed by atoms with E-state index in [0.717, 1.165) is 6.42 Å². The second kappa shape index (κ2) is 8.41. The molecule has 1 aliphatic carbocycles. The Kier molecular flexibility index (Phi) is 6.46. The molecule has 2 N–H and O–H groups in total. The van der Waals surface area contributed by atoms with Gasteiger partial charge in [-0.25, -0.2) is 9.59 Å². The van der Waals surface area contributed by atoms with Crippen LogP contribution < -0.4 is 5.32 Å². The van der Waals surface area contributed by atoms with Crippen molar-refractivity contribution in [2.45, 2.75) is 39.7 Å². The summed E-state index contributed by atoms with van der Waals surface area (Å²) < 4.78 is 10.2. The van der Waals surface area contributed by atoms with Crippen LogP contribution in [0.2, 0.25) is 0 Å². The van der Waals surface area contributed by atoms with Gasteiger partial charge in [0, 0.05) is 31.4 Å². The van der Waals surface area contributed by atoms with Gasteiger partial charge in [-0.2, -0.15) is 0 Å². The first kappa shape index (κ1) is 20.7. The highest BCUT2D eigenvalue weighted by Gasteiger charge is 2.29. The van der Waals surface area contributed by atoms with Crippen LogP contribution in [0.15, 0.2) is 35.1 Å². The number of esters is 1. The van der Waals surface area contributed by atoms with Crippen LogP contribution in [-0.4, -0.2) is 55.0 Å². The molecule has 0 aromatic heterocycles. The maximum Gasteiger partial charge on any atom is 0.410 e. The highest BCUT2D eigenvalue weighted by molar-refractivity contribution is 6.14. The van der Waals surface area contributed by atoms with Gasteiger partial charge in [0.1, 0.15) is 5.60 Å². The maximum absolute atomic E-state index is 12.1. The maximum atomic E-state index is 12.1. The van der Waals surface area contributed by atoms with Crippen molar-refractivity contribution in [3.05, 3.63) is 35.1 Å². The van der Waals surface area contributed by atoms with E-state index in [-0.39, 0.29) is 6.09 Å². The van der Waals surface area contributed by atoms with E-state index in [1.54, 1.807) is 30.2 Å². The van der Waals surface area contributed by atoms with Crippen LogP contribution in [0.25, 0.3) is 0 Å². The summed E-state index contributed by atoms with van der Waals surface area (Å²) in [5.74, 6) is -0.0991. The lowest BCUT2D eigenvalue weighted by atomic mass is 9.92. The largest absolute Gasteiger partial charge is 0.465 e. The molecule has 1 saturated heterocycles. The lowest BCUT2D eigenvalue weighted by Gasteiger charge is -2.24. The monoisotopic (exact) mass is 375 g/mol. The number of methoxy groups -OCH3 is 1. The van der Waals surface area contributed by atoms with E-state index in [1.165, 1.54) is 7.11 Å². The fourth-order valence-electron chi connectivity index (χ4n) is 3.06. The van der Waals surface area contributed by atoms with Gasteiger partial charge in [-0.15, -0.1) is 0 Å². The Morgan fingerprint density at radius 1 is 1.37 bits per heavy atom. The molecule has 2 aliphatic rings. The van der Waals surface area contributed by atoms with Gasteiger partial charge in [0.15, 0.2) is 0 Å². The van der Waals surface area contributed by atoms with Crippen LogP contribution >= 0.6 is 0 Å². The van der Waals surface area contributed by atoms with Gasteiger partial charge < -0.3 is 25.1 Å². The van der Waals surface area contributed by atoms with Gasteiger partial charge in [-0.1, -0.05) is 0 Å². The molecule has 0 spiro atoms.